The van der Waals surface area contributed by atoms with E-state index in [4.69, 9.17) is 5.26 Å². The summed E-state index contributed by atoms with van der Waals surface area (Å²) in [7, 11) is 0. The fourth-order valence-electron chi connectivity index (χ4n) is 0.129. The zero-order valence-electron chi connectivity index (χ0n) is 3.73. The van der Waals surface area contributed by atoms with E-state index in [1.54, 1.807) is 0 Å². The second-order valence-corrected chi connectivity index (χ2v) is 1.08. The molecule has 0 aromatic carbocycles. The number of hydrogen-bond donors (Lipinski definition) is 0. The van der Waals surface area contributed by atoms with Gasteiger partial charge in [0.1, 0.15) is 0 Å². The summed E-state index contributed by atoms with van der Waals surface area (Å²) in [6, 6.07) is 0. The third-order valence-corrected chi connectivity index (χ3v) is 0.383. The second-order valence-electron chi connectivity index (χ2n) is 1.08. The van der Waals surface area contributed by atoms with Crippen LogP contribution in [0.5, 0.6) is 0 Å². The van der Waals surface area contributed by atoms with Crippen LogP contribution in [0, 0.1) is 0 Å². The molecule has 0 saturated heterocycles. The van der Waals surface area contributed by atoms with Gasteiger partial charge in [-0.15, -0.1) is 0 Å². The summed E-state index contributed by atoms with van der Waals surface area (Å²) in [5, 5.41) is 8.92. The van der Waals surface area contributed by atoms with E-state index in [9.17, 15) is 13.2 Å². The van der Waals surface area contributed by atoms with Gasteiger partial charge in [0.25, 0.3) is 0 Å². The molecule has 0 fully saturated rings. The summed E-state index contributed by atoms with van der Waals surface area (Å²) in [6.07, 6.45) is -5.47. The summed E-state index contributed by atoms with van der Waals surface area (Å²) >= 11 is 0. The van der Waals surface area contributed by atoms with Crippen LogP contribution in [0.3, 0.4) is 0 Å². The smallest absolute Gasteiger partial charge is 0.401 e. The van der Waals surface area contributed by atoms with Crippen molar-refractivity contribution in [1.82, 2.24) is 0 Å². The molecule has 0 aromatic heterocycles. The third kappa shape index (κ3) is 5.26. The van der Waals surface area contributed by atoms with Gasteiger partial charge in [-0.1, -0.05) is 0 Å². The monoisotopic (exact) mass is 128 g/mol. The number of hydrogen-bond acceptors (Lipinski definition) is 1. The lowest BCUT2D eigenvalue weighted by molar-refractivity contribution is -1.04. The lowest BCUT2D eigenvalue weighted by Gasteiger charge is -1.94. The number of rotatable bonds is 1. The lowest BCUT2D eigenvalue weighted by Crippen LogP contribution is -2.10. The Morgan fingerprint density at radius 1 is 1.50 bits per heavy atom. The van der Waals surface area contributed by atoms with Crippen LogP contribution in [0.4, 0.5) is 13.2 Å². The molecule has 8 heavy (non-hydrogen) atoms. The van der Waals surface area contributed by atoms with Crippen LogP contribution >= 0.6 is 0 Å². The minimum atomic E-state index is -4.33. The minimum Gasteiger partial charge on any atom is -0.463 e. The van der Waals surface area contributed by atoms with Crippen LogP contribution in [0.25, 0.3) is 0 Å². The molecular weight excluding hydrogens is 125 g/mol. The minimum absolute atomic E-state index is 0.153. The number of aldehydes is 1. The van der Waals surface area contributed by atoms with Gasteiger partial charge in [0, 0.05) is 0 Å². The Kier molecular flexibility index (Phi) is 2.30. The summed E-state index contributed by atoms with van der Waals surface area (Å²) < 4.78 is 35.8. The van der Waals surface area contributed by atoms with Gasteiger partial charge in [-0.25, -0.2) is 0 Å². The quantitative estimate of drug-likeness (QED) is 0.211. The van der Waals surface area contributed by atoms with Crippen LogP contribution in [-0.2, 0) is 4.58 Å². The Morgan fingerprint density at radius 3 is 2.12 bits per heavy atom. The molecule has 0 bridgehead atoms. The van der Waals surface area contributed by atoms with Crippen molar-refractivity contribution in [2.45, 2.75) is 12.6 Å². The maximum Gasteiger partial charge on any atom is 0.401 e. The Labute approximate surface area is 43.2 Å². The molecule has 0 unspecified atom stereocenters. The molecule has 0 N–H and O–H groups in total. The fraction of sp³-hybridized carbons (Fsp3) is 0.667. The molecule has 0 amide bonds. The SMILES string of the molecule is [O-][O+]=CCC(F)(F)F. The van der Waals surface area contributed by atoms with E-state index < -0.39 is 12.6 Å². The van der Waals surface area contributed by atoms with Gasteiger partial charge in [0.05, 0.1) is 0 Å². The van der Waals surface area contributed by atoms with Crippen molar-refractivity contribution in [3.8, 4) is 0 Å². The molecule has 0 heterocycles. The second kappa shape index (κ2) is 2.54. The van der Waals surface area contributed by atoms with Gasteiger partial charge in [0.2, 0.25) is 0 Å². The van der Waals surface area contributed by atoms with Crippen molar-refractivity contribution in [2.75, 3.05) is 0 Å². The Balaban J connectivity index is 3.39. The number of halogens is 3. The molecule has 48 valence electrons. The molecule has 0 saturated carbocycles. The van der Waals surface area contributed by atoms with Crippen molar-refractivity contribution >= 4 is 6.29 Å². The Morgan fingerprint density at radius 2 is 2.00 bits per heavy atom. The molecular formula is C3H3F3O2. The lowest BCUT2D eigenvalue weighted by atomic mass is 10.5. The normalized spacial score (nSPS) is 12.9. The Hall–Kier alpha value is -0.740. The highest BCUT2D eigenvalue weighted by atomic mass is 19.4. The van der Waals surface area contributed by atoms with E-state index in [1.807, 2.05) is 0 Å². The zero-order chi connectivity index (χ0) is 6.62. The van der Waals surface area contributed by atoms with E-state index in [0.717, 1.165) is 0 Å². The van der Waals surface area contributed by atoms with Gasteiger partial charge in [-0.3, -0.25) is 0 Å². The predicted molar refractivity (Wildman–Crippen MR) is 16.7 cm³/mol. The molecule has 0 aliphatic rings. The summed E-state index contributed by atoms with van der Waals surface area (Å²) in [6.45, 7) is 0. The van der Waals surface area contributed by atoms with Crippen molar-refractivity contribution in [2.24, 2.45) is 0 Å². The molecule has 0 aromatic rings. The highest BCUT2D eigenvalue weighted by molar-refractivity contribution is 5.50. The van der Waals surface area contributed by atoms with Crippen molar-refractivity contribution in [3.63, 3.8) is 0 Å². The molecule has 0 rings (SSSR count). The van der Waals surface area contributed by atoms with Crippen LogP contribution in [-0.4, -0.2) is 12.5 Å². The maximum absolute atomic E-state index is 11.0. The van der Waals surface area contributed by atoms with E-state index in [0.29, 0.717) is 0 Å². The summed E-state index contributed by atoms with van der Waals surface area (Å²) in [5.74, 6) is 0. The van der Waals surface area contributed by atoms with Gasteiger partial charge in [0.15, 0.2) is 6.42 Å². The average Bonchev–Trinajstić information content (AvgIpc) is 1.59. The van der Waals surface area contributed by atoms with Crippen LogP contribution < -0.4 is 5.26 Å². The fourth-order valence-corrected chi connectivity index (χ4v) is 0.129. The number of alkyl halides is 3. The molecule has 2 nitrogen and oxygen atoms in total. The first-order chi connectivity index (χ1) is 3.56. The first kappa shape index (κ1) is 7.26. The van der Waals surface area contributed by atoms with Crippen LogP contribution in [0.15, 0.2) is 0 Å². The maximum atomic E-state index is 11.0. The molecule has 0 radical (unpaired) electrons. The van der Waals surface area contributed by atoms with Gasteiger partial charge >= 0.3 is 12.5 Å². The summed E-state index contributed by atoms with van der Waals surface area (Å²) in [4.78, 5) is 0. The Bertz CT molecular complexity index is 85.0. The molecule has 5 heteroatoms. The molecule has 0 aliphatic heterocycles. The molecule has 0 spiro atoms. The van der Waals surface area contributed by atoms with E-state index in [2.05, 4.69) is 4.58 Å². The van der Waals surface area contributed by atoms with Gasteiger partial charge in [-0.05, 0) is 0 Å². The molecule has 0 aliphatic carbocycles. The van der Waals surface area contributed by atoms with E-state index in [-0.39, 0.29) is 6.29 Å². The zero-order valence-corrected chi connectivity index (χ0v) is 3.73. The van der Waals surface area contributed by atoms with Crippen molar-refractivity contribution < 1.29 is 23.0 Å². The first-order valence-corrected chi connectivity index (χ1v) is 1.73. The van der Waals surface area contributed by atoms with Crippen molar-refractivity contribution in [1.29, 1.82) is 0 Å². The topological polar surface area (TPSA) is 34.4 Å². The van der Waals surface area contributed by atoms with Gasteiger partial charge in [-0.2, -0.15) is 17.7 Å². The summed E-state index contributed by atoms with van der Waals surface area (Å²) in [5.41, 5.74) is 0. The van der Waals surface area contributed by atoms with Gasteiger partial charge < -0.3 is 5.26 Å². The van der Waals surface area contributed by atoms with Crippen LogP contribution in [0.2, 0.25) is 0 Å². The largest absolute Gasteiger partial charge is 0.463 e. The number of carbonyl (C=O) groups excluding carboxylic acids is 1. The highest BCUT2D eigenvalue weighted by Crippen LogP contribution is 2.16. The standard InChI is InChI=1S/C3H3F3O2/c4-3(5,6)1-2-8-7/h2H,1H2. The van der Waals surface area contributed by atoms with Crippen LogP contribution in [0.1, 0.15) is 6.42 Å². The predicted octanol–water partition coefficient (Wildman–Crippen LogP) is -0.0513. The third-order valence-electron chi connectivity index (χ3n) is 0.383. The molecule has 0 atom stereocenters. The first-order valence-electron chi connectivity index (χ1n) is 1.73. The average molecular weight is 128 g/mol. The highest BCUT2D eigenvalue weighted by Gasteiger charge is 2.28. The van der Waals surface area contributed by atoms with E-state index in [1.165, 1.54) is 0 Å². The van der Waals surface area contributed by atoms with E-state index >= 15 is 0 Å². The van der Waals surface area contributed by atoms with Crippen molar-refractivity contribution in [3.05, 3.63) is 0 Å².